The van der Waals surface area contributed by atoms with Gasteiger partial charge in [0.1, 0.15) is 0 Å². The molecule has 3 nitrogen and oxygen atoms in total. The molecule has 5 heteroatoms. The number of aromatic nitrogens is 1. The van der Waals surface area contributed by atoms with Gasteiger partial charge in [0.25, 0.3) is 0 Å². The fourth-order valence-electron chi connectivity index (χ4n) is 2.21. The average Bonchev–Trinajstić information content (AvgIpc) is 2.54. The van der Waals surface area contributed by atoms with Crippen LogP contribution < -0.4 is 34.7 Å². The molecule has 0 aliphatic rings. The van der Waals surface area contributed by atoms with Crippen LogP contribution in [0.25, 0.3) is 10.9 Å². The molecule has 0 spiro atoms. The topological polar surface area (TPSA) is 45.1 Å². The van der Waals surface area contributed by atoms with E-state index in [1.807, 2.05) is 18.3 Å². The molecule has 0 N–H and O–H groups in total. The molecule has 1 aromatic carbocycles. The van der Waals surface area contributed by atoms with Gasteiger partial charge in [0.05, 0.1) is 18.0 Å². The Hall–Kier alpha value is -0.480. The van der Waals surface area contributed by atoms with Crippen molar-refractivity contribution in [3.05, 3.63) is 35.0 Å². The first kappa shape index (κ1) is 16.6. The van der Waals surface area contributed by atoms with E-state index in [0.717, 1.165) is 22.9 Å². The molecule has 0 bridgehead atoms. The molecule has 0 saturated heterocycles. The van der Waals surface area contributed by atoms with Gasteiger partial charge in [-0.15, -0.1) is 0 Å². The maximum atomic E-state index is 10.8. The molecule has 0 fully saturated rings. The molecular weight excluding hydrogens is 273 g/mol. The molecule has 0 amide bonds. The first-order valence-electron chi connectivity index (χ1n) is 5.94. The summed E-state index contributed by atoms with van der Waals surface area (Å²) in [5.74, 6) is -0.578. The number of carbonyl (C=O) groups excluding carboxylic acids is 1. The van der Waals surface area contributed by atoms with Gasteiger partial charge in [0.15, 0.2) is 0 Å². The number of carboxylic acids is 1. The second kappa shape index (κ2) is 6.80. The smallest absolute Gasteiger partial charge is 0.548 e. The molecule has 1 aromatic heterocycles. The van der Waals surface area contributed by atoms with Gasteiger partial charge in [-0.1, -0.05) is 31.5 Å². The van der Waals surface area contributed by atoms with Crippen LogP contribution in [0.5, 0.6) is 0 Å². The first-order valence-corrected chi connectivity index (χ1v) is 6.32. The monoisotopic (exact) mass is 287 g/mol. The molecule has 96 valence electrons. The summed E-state index contributed by atoms with van der Waals surface area (Å²) in [6.07, 6.45) is 2.80. The standard InChI is InChI=1S/C14H16ClNO2.Na/c1-9(2)5-10-7-16(8-14(17)18)13-6-11(15)3-4-12(10)13;/h3-4,6-7,9H,5,8H2,1-2H3,(H,17,18);/q;+1/p-1. The maximum Gasteiger partial charge on any atom is 1.00 e. The maximum absolute atomic E-state index is 10.8. The number of hydrogen-bond donors (Lipinski definition) is 0. The second-order valence-corrected chi connectivity index (χ2v) is 5.35. The SMILES string of the molecule is CC(C)Cc1cn(CC(=O)[O-])c2cc(Cl)ccc12.[Na+]. The van der Waals surface area contributed by atoms with Crippen molar-refractivity contribution in [2.75, 3.05) is 0 Å². The third kappa shape index (κ3) is 3.99. The van der Waals surface area contributed by atoms with Crippen LogP contribution in [-0.4, -0.2) is 10.5 Å². The Bertz CT molecular complexity index is 592. The zero-order valence-electron chi connectivity index (χ0n) is 11.4. The zero-order chi connectivity index (χ0) is 13.3. The minimum Gasteiger partial charge on any atom is -0.548 e. The largest absolute Gasteiger partial charge is 1.00 e. The number of carbonyl (C=O) groups is 1. The minimum absolute atomic E-state index is 0. The number of nitrogens with zero attached hydrogens (tertiary/aromatic N) is 1. The number of fused-ring (bicyclic) bond motifs is 1. The van der Waals surface area contributed by atoms with Gasteiger partial charge < -0.3 is 14.5 Å². The van der Waals surface area contributed by atoms with Crippen molar-refractivity contribution in [3.8, 4) is 0 Å². The fourth-order valence-corrected chi connectivity index (χ4v) is 2.38. The van der Waals surface area contributed by atoms with Crippen LogP contribution in [0.4, 0.5) is 0 Å². The van der Waals surface area contributed by atoms with Crippen LogP contribution >= 0.6 is 11.6 Å². The van der Waals surface area contributed by atoms with Crippen LogP contribution in [0.15, 0.2) is 24.4 Å². The summed E-state index contributed by atoms with van der Waals surface area (Å²) in [5, 5.41) is 12.4. The van der Waals surface area contributed by atoms with Crippen LogP contribution in [-0.2, 0) is 17.8 Å². The number of carboxylic acid groups (broad SMARTS) is 1. The quantitative estimate of drug-likeness (QED) is 0.695. The van der Waals surface area contributed by atoms with Crippen molar-refractivity contribution in [1.29, 1.82) is 0 Å². The van der Waals surface area contributed by atoms with E-state index >= 15 is 0 Å². The molecule has 0 radical (unpaired) electrons. The molecule has 2 aromatic rings. The summed E-state index contributed by atoms with van der Waals surface area (Å²) >= 11 is 5.97. The molecule has 0 atom stereocenters. The minimum atomic E-state index is -1.09. The molecule has 19 heavy (non-hydrogen) atoms. The second-order valence-electron chi connectivity index (χ2n) is 4.91. The van der Waals surface area contributed by atoms with E-state index in [4.69, 9.17) is 11.6 Å². The van der Waals surface area contributed by atoms with Crippen molar-refractivity contribution < 1.29 is 39.5 Å². The van der Waals surface area contributed by atoms with Crippen molar-refractivity contribution >= 4 is 28.5 Å². The predicted octanol–water partition coefficient (Wildman–Crippen LogP) is -0.753. The molecule has 1 heterocycles. The number of aliphatic carboxylic acids is 1. The Labute approximate surface area is 139 Å². The average molecular weight is 288 g/mol. The number of rotatable bonds is 4. The van der Waals surface area contributed by atoms with Gasteiger partial charge in [-0.25, -0.2) is 0 Å². The predicted molar refractivity (Wildman–Crippen MR) is 70.5 cm³/mol. The van der Waals surface area contributed by atoms with Crippen molar-refractivity contribution in [1.82, 2.24) is 4.57 Å². The van der Waals surface area contributed by atoms with E-state index < -0.39 is 5.97 Å². The number of hydrogen-bond acceptors (Lipinski definition) is 2. The van der Waals surface area contributed by atoms with E-state index in [0.29, 0.717) is 10.9 Å². The molecule has 0 unspecified atom stereocenters. The summed E-state index contributed by atoms with van der Waals surface area (Å²) < 4.78 is 1.69. The van der Waals surface area contributed by atoms with E-state index in [1.54, 1.807) is 10.6 Å². The van der Waals surface area contributed by atoms with Gasteiger partial charge in [-0.3, -0.25) is 0 Å². The van der Waals surface area contributed by atoms with Gasteiger partial charge in [-0.2, -0.15) is 0 Å². The molecule has 0 aliphatic carbocycles. The molecular formula is C14H15ClNNaO2. The molecule has 2 rings (SSSR count). The normalized spacial score (nSPS) is 10.7. The first-order chi connectivity index (χ1) is 8.47. The zero-order valence-corrected chi connectivity index (χ0v) is 14.2. The van der Waals surface area contributed by atoms with E-state index in [9.17, 15) is 9.90 Å². The van der Waals surface area contributed by atoms with Crippen molar-refractivity contribution in [2.45, 2.75) is 26.8 Å². The third-order valence-corrected chi connectivity index (χ3v) is 3.09. The van der Waals surface area contributed by atoms with E-state index in [2.05, 4.69) is 13.8 Å². The van der Waals surface area contributed by atoms with Gasteiger partial charge in [0, 0.05) is 16.6 Å². The van der Waals surface area contributed by atoms with Crippen molar-refractivity contribution in [3.63, 3.8) is 0 Å². The summed E-state index contributed by atoms with van der Waals surface area (Å²) in [6, 6.07) is 5.57. The van der Waals surface area contributed by atoms with Crippen LogP contribution in [0.1, 0.15) is 19.4 Å². The fraction of sp³-hybridized carbons (Fsp3) is 0.357. The number of benzene rings is 1. The molecule has 0 aliphatic heterocycles. The Morgan fingerprint density at radius 2 is 2.11 bits per heavy atom. The van der Waals surface area contributed by atoms with E-state index in [1.165, 1.54) is 0 Å². The van der Waals surface area contributed by atoms with E-state index in [-0.39, 0.29) is 36.1 Å². The van der Waals surface area contributed by atoms with Gasteiger partial charge >= 0.3 is 29.6 Å². The summed E-state index contributed by atoms with van der Waals surface area (Å²) in [4.78, 5) is 10.8. The number of halogens is 1. The Kier molecular flexibility index (Phi) is 5.93. The van der Waals surface area contributed by atoms with Gasteiger partial charge in [0.2, 0.25) is 0 Å². The molecule has 0 saturated carbocycles. The van der Waals surface area contributed by atoms with Gasteiger partial charge in [-0.05, 0) is 30.0 Å². The Balaban J connectivity index is 0.00000180. The van der Waals surface area contributed by atoms with Crippen LogP contribution in [0, 0.1) is 5.92 Å². The Morgan fingerprint density at radius 3 is 2.68 bits per heavy atom. The van der Waals surface area contributed by atoms with Crippen molar-refractivity contribution in [2.24, 2.45) is 5.92 Å². The Morgan fingerprint density at radius 1 is 1.42 bits per heavy atom. The summed E-state index contributed by atoms with van der Waals surface area (Å²) in [5.41, 5.74) is 2.00. The summed E-state index contributed by atoms with van der Waals surface area (Å²) in [6.45, 7) is 4.13. The van der Waals surface area contributed by atoms with Crippen LogP contribution in [0.3, 0.4) is 0 Å². The van der Waals surface area contributed by atoms with Crippen LogP contribution in [0.2, 0.25) is 5.02 Å². The third-order valence-electron chi connectivity index (χ3n) is 2.85. The summed E-state index contributed by atoms with van der Waals surface area (Å²) in [7, 11) is 0.